The summed E-state index contributed by atoms with van der Waals surface area (Å²) in [7, 11) is 1.31. The number of amides is 1. The molecule has 0 bridgehead atoms. The number of likely N-dealkylation sites (N-methyl/N-ethyl adjacent to an activating group) is 1. The second-order valence-electron chi connectivity index (χ2n) is 4.25. The maximum absolute atomic E-state index is 11.3. The van der Waals surface area contributed by atoms with Gasteiger partial charge in [-0.15, -0.1) is 0 Å². The molecule has 1 aromatic rings. The zero-order valence-corrected chi connectivity index (χ0v) is 12.7. The number of alkyl carbamates (subject to hydrolysis) is 1. The van der Waals surface area contributed by atoms with Crippen LogP contribution in [-0.2, 0) is 4.74 Å². The lowest BCUT2D eigenvalue weighted by Gasteiger charge is -2.27. The van der Waals surface area contributed by atoms with Gasteiger partial charge in [0.25, 0.3) is 0 Å². The number of halogens is 2. The summed E-state index contributed by atoms with van der Waals surface area (Å²) >= 11 is 12.1. The molecule has 1 atom stereocenters. The van der Waals surface area contributed by atoms with Crippen LogP contribution in [0.2, 0.25) is 10.0 Å². The molecule has 0 radical (unpaired) electrons. The van der Waals surface area contributed by atoms with Gasteiger partial charge < -0.3 is 9.64 Å². The summed E-state index contributed by atoms with van der Waals surface area (Å²) in [5.74, 6) is 0.496. The third-order valence-corrected chi connectivity index (χ3v) is 3.69. The predicted octanol–water partition coefficient (Wildman–Crippen LogP) is 3.08. The molecule has 7 heteroatoms. The smallest absolute Gasteiger partial charge is 0.413 e. The third kappa shape index (κ3) is 2.99. The highest BCUT2D eigenvalue weighted by molar-refractivity contribution is 6.35. The average molecular weight is 316 g/mol. The zero-order valence-electron chi connectivity index (χ0n) is 11.2. The first-order valence-electron chi connectivity index (χ1n) is 6.17. The molecule has 0 spiro atoms. The van der Waals surface area contributed by atoms with Gasteiger partial charge in [0.05, 0.1) is 19.7 Å². The van der Waals surface area contributed by atoms with Crippen molar-refractivity contribution in [1.82, 2.24) is 10.2 Å². The average Bonchev–Trinajstić information content (AvgIpc) is 2.81. The Morgan fingerprint density at radius 3 is 2.90 bits per heavy atom. The van der Waals surface area contributed by atoms with Crippen molar-refractivity contribution in [3.05, 3.63) is 33.8 Å². The first kappa shape index (κ1) is 14.9. The van der Waals surface area contributed by atoms with Gasteiger partial charge >= 0.3 is 6.09 Å². The molecule has 0 aromatic heterocycles. The highest BCUT2D eigenvalue weighted by Crippen LogP contribution is 2.32. The number of hydrogen-bond acceptors (Lipinski definition) is 4. The summed E-state index contributed by atoms with van der Waals surface area (Å²) in [4.78, 5) is 17.6. The first-order chi connectivity index (χ1) is 9.56. The lowest BCUT2D eigenvalue weighted by atomic mass is 10.1. The molecule has 0 saturated carbocycles. The van der Waals surface area contributed by atoms with Crippen molar-refractivity contribution in [2.45, 2.75) is 13.0 Å². The van der Waals surface area contributed by atoms with Crippen LogP contribution in [0, 0.1) is 0 Å². The SMILES string of the molecule is CCN1C(NC(=O)OC)=NCC1c1ccc(Cl)cc1Cl. The fourth-order valence-electron chi connectivity index (χ4n) is 2.17. The number of carbonyl (C=O) groups is 1. The Balaban J connectivity index is 2.21. The molecule has 1 N–H and O–H groups in total. The lowest BCUT2D eigenvalue weighted by Crippen LogP contribution is -2.42. The molecule has 2 rings (SSSR count). The minimum absolute atomic E-state index is 0.0167. The number of ether oxygens (including phenoxy) is 1. The van der Waals surface area contributed by atoms with E-state index in [1.54, 1.807) is 12.1 Å². The van der Waals surface area contributed by atoms with Crippen LogP contribution in [0.4, 0.5) is 4.79 Å². The number of nitrogens with one attached hydrogen (secondary N) is 1. The number of nitrogens with zero attached hydrogens (tertiary/aromatic N) is 2. The monoisotopic (exact) mass is 315 g/mol. The Kier molecular flexibility index (Phi) is 4.73. The molecule has 0 fully saturated rings. The standard InChI is InChI=1S/C13H15Cl2N3O2/c1-3-18-11(7-16-12(18)17-13(19)20-2)9-5-4-8(14)6-10(9)15/h4-6,11H,3,7H2,1-2H3,(H,16,17,19). The predicted molar refractivity (Wildman–Crippen MR) is 79.4 cm³/mol. The molecule has 1 amide bonds. The fourth-order valence-corrected chi connectivity index (χ4v) is 2.71. The molecular weight excluding hydrogens is 301 g/mol. The Morgan fingerprint density at radius 1 is 1.55 bits per heavy atom. The van der Waals surface area contributed by atoms with E-state index in [-0.39, 0.29) is 6.04 Å². The normalized spacial score (nSPS) is 17.9. The van der Waals surface area contributed by atoms with E-state index in [4.69, 9.17) is 23.2 Å². The highest BCUT2D eigenvalue weighted by atomic mass is 35.5. The van der Waals surface area contributed by atoms with Gasteiger partial charge in [-0.25, -0.2) is 4.79 Å². The minimum atomic E-state index is -0.537. The van der Waals surface area contributed by atoms with E-state index in [1.807, 2.05) is 17.9 Å². The van der Waals surface area contributed by atoms with Gasteiger partial charge in [-0.2, -0.15) is 0 Å². The number of methoxy groups -OCH3 is 1. The van der Waals surface area contributed by atoms with E-state index in [2.05, 4.69) is 15.0 Å². The first-order valence-corrected chi connectivity index (χ1v) is 6.93. The quantitative estimate of drug-likeness (QED) is 0.912. The van der Waals surface area contributed by atoms with E-state index in [0.717, 1.165) is 5.56 Å². The summed E-state index contributed by atoms with van der Waals surface area (Å²) in [5.41, 5.74) is 0.934. The van der Waals surface area contributed by atoms with Crippen molar-refractivity contribution < 1.29 is 9.53 Å². The molecule has 1 unspecified atom stereocenters. The van der Waals surface area contributed by atoms with Gasteiger partial charge in [-0.1, -0.05) is 29.3 Å². The Bertz CT molecular complexity index is 548. The van der Waals surface area contributed by atoms with Crippen LogP contribution in [0.3, 0.4) is 0 Å². The van der Waals surface area contributed by atoms with E-state index < -0.39 is 6.09 Å². The van der Waals surface area contributed by atoms with Crippen LogP contribution in [0.5, 0.6) is 0 Å². The zero-order chi connectivity index (χ0) is 14.7. The van der Waals surface area contributed by atoms with E-state index in [9.17, 15) is 4.79 Å². The van der Waals surface area contributed by atoms with E-state index in [1.165, 1.54) is 7.11 Å². The Morgan fingerprint density at radius 2 is 2.30 bits per heavy atom. The van der Waals surface area contributed by atoms with Gasteiger partial charge in [0.2, 0.25) is 5.96 Å². The van der Waals surface area contributed by atoms with Gasteiger partial charge in [0.15, 0.2) is 0 Å². The topological polar surface area (TPSA) is 53.9 Å². The largest absolute Gasteiger partial charge is 0.453 e. The van der Waals surface area contributed by atoms with Crippen LogP contribution in [0.15, 0.2) is 23.2 Å². The maximum atomic E-state index is 11.3. The van der Waals surface area contributed by atoms with Crippen molar-refractivity contribution in [2.75, 3.05) is 20.2 Å². The summed E-state index contributed by atoms with van der Waals surface area (Å²) < 4.78 is 4.58. The Hall–Kier alpha value is -1.46. The number of rotatable bonds is 2. The van der Waals surface area contributed by atoms with Crippen LogP contribution < -0.4 is 5.32 Å². The second-order valence-corrected chi connectivity index (χ2v) is 5.09. The summed E-state index contributed by atoms with van der Waals surface area (Å²) in [6, 6.07) is 5.37. The van der Waals surface area contributed by atoms with Crippen LogP contribution in [-0.4, -0.2) is 37.2 Å². The summed E-state index contributed by atoms with van der Waals surface area (Å²) in [5, 5.41) is 3.79. The van der Waals surface area contributed by atoms with Crippen LogP contribution in [0.25, 0.3) is 0 Å². The van der Waals surface area contributed by atoms with Crippen molar-refractivity contribution in [3.8, 4) is 0 Å². The second kappa shape index (κ2) is 6.33. The van der Waals surface area contributed by atoms with Crippen molar-refractivity contribution >= 4 is 35.3 Å². The molecular formula is C13H15Cl2N3O2. The van der Waals surface area contributed by atoms with Crippen LogP contribution in [0.1, 0.15) is 18.5 Å². The molecule has 1 aliphatic rings. The van der Waals surface area contributed by atoms with Crippen LogP contribution >= 0.6 is 23.2 Å². The number of guanidine groups is 1. The Labute approximate surface area is 127 Å². The minimum Gasteiger partial charge on any atom is -0.453 e. The molecule has 1 heterocycles. The number of hydrogen-bond donors (Lipinski definition) is 1. The number of aliphatic imine (C=N–C) groups is 1. The van der Waals surface area contributed by atoms with Crippen molar-refractivity contribution in [2.24, 2.45) is 4.99 Å². The van der Waals surface area contributed by atoms with Crippen molar-refractivity contribution in [1.29, 1.82) is 0 Å². The van der Waals surface area contributed by atoms with Gasteiger partial charge in [0, 0.05) is 16.6 Å². The van der Waals surface area contributed by atoms with Gasteiger partial charge in [-0.3, -0.25) is 10.3 Å². The number of carbonyl (C=O) groups excluding carboxylic acids is 1. The van der Waals surface area contributed by atoms with E-state index in [0.29, 0.717) is 29.1 Å². The molecule has 0 saturated heterocycles. The molecule has 5 nitrogen and oxygen atoms in total. The van der Waals surface area contributed by atoms with Gasteiger partial charge in [-0.05, 0) is 24.6 Å². The fraction of sp³-hybridized carbons (Fsp3) is 0.385. The van der Waals surface area contributed by atoms with E-state index >= 15 is 0 Å². The lowest BCUT2D eigenvalue weighted by molar-refractivity contribution is 0.175. The molecule has 0 aliphatic carbocycles. The molecule has 20 heavy (non-hydrogen) atoms. The highest BCUT2D eigenvalue weighted by Gasteiger charge is 2.30. The summed E-state index contributed by atoms with van der Waals surface area (Å²) in [6.45, 7) is 3.19. The third-order valence-electron chi connectivity index (χ3n) is 3.12. The molecule has 108 valence electrons. The van der Waals surface area contributed by atoms with Crippen molar-refractivity contribution in [3.63, 3.8) is 0 Å². The maximum Gasteiger partial charge on any atom is 0.413 e. The molecule has 1 aliphatic heterocycles. The molecule has 1 aromatic carbocycles. The summed E-state index contributed by atoms with van der Waals surface area (Å²) in [6.07, 6.45) is -0.537. The van der Waals surface area contributed by atoms with Gasteiger partial charge in [0.1, 0.15) is 0 Å². The number of benzene rings is 1.